The Morgan fingerprint density at radius 1 is 1.38 bits per heavy atom. The van der Waals surface area contributed by atoms with Crippen LogP contribution in [0.15, 0.2) is 24.5 Å². The number of hydrogen-bond donors (Lipinski definition) is 1. The molecule has 1 aromatic heterocycles. The summed E-state index contributed by atoms with van der Waals surface area (Å²) in [6, 6.07) is 5.02. The van der Waals surface area contributed by atoms with E-state index in [0.717, 1.165) is 6.04 Å². The fraction of sp³-hybridized carbons (Fsp3) is 0.545. The van der Waals surface area contributed by atoms with Gasteiger partial charge in [0.25, 0.3) is 0 Å². The van der Waals surface area contributed by atoms with Gasteiger partial charge >= 0.3 is 0 Å². The molecule has 0 aliphatic carbocycles. The third-order valence-electron chi connectivity index (χ3n) is 3.53. The molecule has 0 unspecified atom stereocenters. The van der Waals surface area contributed by atoms with E-state index in [2.05, 4.69) is 16.4 Å². The first-order valence-electron chi connectivity index (χ1n) is 5.07. The lowest BCUT2D eigenvalue weighted by molar-refractivity contribution is 0.400. The summed E-state index contributed by atoms with van der Waals surface area (Å²) in [4.78, 5) is 4.20. The van der Waals surface area contributed by atoms with Crippen LogP contribution < -0.4 is 5.32 Å². The largest absolute Gasteiger partial charge is 0.305 e. The van der Waals surface area contributed by atoms with Crippen molar-refractivity contribution in [2.75, 3.05) is 0 Å². The van der Waals surface area contributed by atoms with E-state index in [4.69, 9.17) is 0 Å². The van der Waals surface area contributed by atoms with E-state index in [9.17, 15) is 0 Å². The second-order valence-corrected chi connectivity index (χ2v) is 4.24. The number of rotatable bonds is 1. The van der Waals surface area contributed by atoms with Gasteiger partial charge in [-0.25, -0.2) is 0 Å². The first kappa shape index (κ1) is 7.51. The molecular weight excluding hydrogens is 160 g/mol. The minimum Gasteiger partial charge on any atom is -0.305 e. The summed E-state index contributed by atoms with van der Waals surface area (Å²) in [7, 11) is 0. The molecule has 2 bridgehead atoms. The Bertz CT molecular complexity index is 299. The maximum Gasteiger partial charge on any atom is 0.0453 e. The highest BCUT2D eigenvalue weighted by molar-refractivity contribution is 5.25. The van der Waals surface area contributed by atoms with Crippen LogP contribution in [0.3, 0.4) is 0 Å². The summed E-state index contributed by atoms with van der Waals surface area (Å²) in [6.07, 6.45) is 9.14. The summed E-state index contributed by atoms with van der Waals surface area (Å²) in [5, 5.41) is 3.72. The van der Waals surface area contributed by atoms with E-state index in [1.165, 1.54) is 31.2 Å². The average molecular weight is 174 g/mol. The van der Waals surface area contributed by atoms with Crippen LogP contribution in [-0.2, 0) is 5.54 Å². The number of aromatic nitrogens is 1. The van der Waals surface area contributed by atoms with Crippen molar-refractivity contribution in [2.45, 2.75) is 37.3 Å². The molecule has 1 aromatic rings. The molecule has 0 spiro atoms. The summed E-state index contributed by atoms with van der Waals surface area (Å²) in [5.41, 5.74) is 1.67. The first-order chi connectivity index (χ1) is 6.39. The molecule has 2 fully saturated rings. The molecule has 2 nitrogen and oxygen atoms in total. The molecule has 68 valence electrons. The van der Waals surface area contributed by atoms with Crippen LogP contribution in [0.5, 0.6) is 0 Å². The van der Waals surface area contributed by atoms with Crippen LogP contribution >= 0.6 is 0 Å². The van der Waals surface area contributed by atoms with E-state index in [1.807, 2.05) is 18.5 Å². The van der Waals surface area contributed by atoms with Crippen molar-refractivity contribution in [1.82, 2.24) is 10.3 Å². The number of nitrogens with one attached hydrogen (secondary N) is 1. The predicted molar refractivity (Wildman–Crippen MR) is 51.3 cm³/mol. The standard InChI is InChI=1S/C11H14N2/c1-2-9(8-12-7-1)11-5-3-10(13-11)4-6-11/h1-2,7-8,10,13H,3-6H2. The number of pyridine rings is 1. The molecule has 3 rings (SSSR count). The highest BCUT2D eigenvalue weighted by atomic mass is 15.1. The maximum absolute atomic E-state index is 4.20. The van der Waals surface area contributed by atoms with Crippen LogP contribution in [0.1, 0.15) is 31.2 Å². The highest BCUT2D eigenvalue weighted by Gasteiger charge is 2.45. The van der Waals surface area contributed by atoms with Gasteiger partial charge in [-0.05, 0) is 37.3 Å². The monoisotopic (exact) mass is 174 g/mol. The van der Waals surface area contributed by atoms with Gasteiger partial charge < -0.3 is 5.32 Å². The Labute approximate surface area is 78.4 Å². The fourth-order valence-corrected chi connectivity index (χ4v) is 2.81. The fourth-order valence-electron chi connectivity index (χ4n) is 2.81. The lowest BCUT2D eigenvalue weighted by Gasteiger charge is -2.25. The van der Waals surface area contributed by atoms with Gasteiger partial charge in [0.1, 0.15) is 0 Å². The zero-order valence-corrected chi connectivity index (χ0v) is 7.66. The second-order valence-electron chi connectivity index (χ2n) is 4.24. The molecule has 0 aromatic carbocycles. The molecule has 0 saturated carbocycles. The Balaban J connectivity index is 2.00. The van der Waals surface area contributed by atoms with Crippen LogP contribution in [0.2, 0.25) is 0 Å². The van der Waals surface area contributed by atoms with E-state index in [-0.39, 0.29) is 0 Å². The Morgan fingerprint density at radius 3 is 2.77 bits per heavy atom. The van der Waals surface area contributed by atoms with Crippen LogP contribution in [-0.4, -0.2) is 11.0 Å². The van der Waals surface area contributed by atoms with Crippen molar-refractivity contribution in [1.29, 1.82) is 0 Å². The summed E-state index contributed by atoms with van der Waals surface area (Å²) >= 11 is 0. The van der Waals surface area contributed by atoms with Gasteiger partial charge in [0.05, 0.1) is 0 Å². The lowest BCUT2D eigenvalue weighted by atomic mass is 9.83. The molecular formula is C11H14N2. The average Bonchev–Trinajstić information content (AvgIpc) is 2.80. The molecule has 0 radical (unpaired) electrons. The van der Waals surface area contributed by atoms with Gasteiger partial charge in [-0.2, -0.15) is 0 Å². The van der Waals surface area contributed by atoms with Crippen LogP contribution in [0.4, 0.5) is 0 Å². The molecule has 13 heavy (non-hydrogen) atoms. The second kappa shape index (κ2) is 2.55. The molecule has 2 saturated heterocycles. The molecule has 0 atom stereocenters. The topological polar surface area (TPSA) is 24.9 Å². The van der Waals surface area contributed by atoms with E-state index >= 15 is 0 Å². The van der Waals surface area contributed by atoms with Crippen molar-refractivity contribution >= 4 is 0 Å². The minimum absolute atomic E-state index is 0.291. The summed E-state index contributed by atoms with van der Waals surface area (Å²) in [6.45, 7) is 0. The minimum atomic E-state index is 0.291. The maximum atomic E-state index is 4.20. The first-order valence-corrected chi connectivity index (χ1v) is 5.07. The molecule has 1 N–H and O–H groups in total. The smallest absolute Gasteiger partial charge is 0.0453 e. The van der Waals surface area contributed by atoms with Gasteiger partial charge in [-0.1, -0.05) is 6.07 Å². The van der Waals surface area contributed by atoms with Gasteiger partial charge in [0.15, 0.2) is 0 Å². The third kappa shape index (κ3) is 1.02. The zero-order valence-electron chi connectivity index (χ0n) is 7.66. The molecule has 3 heterocycles. The van der Waals surface area contributed by atoms with Gasteiger partial charge in [0.2, 0.25) is 0 Å². The van der Waals surface area contributed by atoms with E-state index < -0.39 is 0 Å². The van der Waals surface area contributed by atoms with E-state index in [0.29, 0.717) is 5.54 Å². The van der Waals surface area contributed by atoms with Crippen molar-refractivity contribution in [3.63, 3.8) is 0 Å². The molecule has 2 heteroatoms. The quantitative estimate of drug-likeness (QED) is 0.702. The van der Waals surface area contributed by atoms with Crippen molar-refractivity contribution in [3.05, 3.63) is 30.1 Å². The van der Waals surface area contributed by atoms with Crippen molar-refractivity contribution in [3.8, 4) is 0 Å². The zero-order chi connectivity index (χ0) is 8.73. The summed E-state index contributed by atoms with van der Waals surface area (Å²) in [5.74, 6) is 0. The van der Waals surface area contributed by atoms with Crippen LogP contribution in [0, 0.1) is 0 Å². The SMILES string of the molecule is c1cncc(C23CCC(CC2)N3)c1. The molecule has 0 amide bonds. The highest BCUT2D eigenvalue weighted by Crippen LogP contribution is 2.44. The Hall–Kier alpha value is -0.890. The lowest BCUT2D eigenvalue weighted by Crippen LogP contribution is -2.33. The molecule has 2 aliphatic rings. The van der Waals surface area contributed by atoms with Gasteiger partial charge in [0, 0.05) is 24.0 Å². The van der Waals surface area contributed by atoms with Crippen molar-refractivity contribution < 1.29 is 0 Å². The number of fused-ring (bicyclic) bond motifs is 2. The summed E-state index contributed by atoms with van der Waals surface area (Å²) < 4.78 is 0. The van der Waals surface area contributed by atoms with Crippen molar-refractivity contribution in [2.24, 2.45) is 0 Å². The van der Waals surface area contributed by atoms with Crippen LogP contribution in [0.25, 0.3) is 0 Å². The van der Waals surface area contributed by atoms with Gasteiger partial charge in [-0.15, -0.1) is 0 Å². The van der Waals surface area contributed by atoms with E-state index in [1.54, 1.807) is 0 Å². The number of nitrogens with zero attached hydrogens (tertiary/aromatic N) is 1. The number of hydrogen-bond acceptors (Lipinski definition) is 2. The molecule has 2 aliphatic heterocycles. The predicted octanol–water partition coefficient (Wildman–Crippen LogP) is 1.82. The Kier molecular flexibility index (Phi) is 1.47. The third-order valence-corrected chi connectivity index (χ3v) is 3.53. The van der Waals surface area contributed by atoms with Gasteiger partial charge in [-0.3, -0.25) is 4.98 Å². The normalized spacial score (nSPS) is 36.8. The Morgan fingerprint density at radius 2 is 2.23 bits per heavy atom.